The van der Waals surface area contributed by atoms with E-state index >= 15 is 0 Å². The van der Waals surface area contributed by atoms with Gasteiger partial charge in [-0.05, 0) is 56.1 Å². The van der Waals surface area contributed by atoms with Crippen LogP contribution in [-0.4, -0.2) is 9.97 Å². The van der Waals surface area contributed by atoms with Crippen molar-refractivity contribution in [3.8, 4) is 11.4 Å². The van der Waals surface area contributed by atoms with Crippen molar-refractivity contribution in [2.45, 2.75) is 44.4 Å². The summed E-state index contributed by atoms with van der Waals surface area (Å²) in [7, 11) is 0. The molecule has 0 amide bonds. The van der Waals surface area contributed by atoms with Crippen molar-refractivity contribution in [3.05, 3.63) is 51.4 Å². The van der Waals surface area contributed by atoms with Gasteiger partial charge in [0.1, 0.15) is 5.82 Å². The molecule has 2 aliphatic carbocycles. The maximum absolute atomic E-state index is 12.2. The second-order valence-corrected chi connectivity index (χ2v) is 5.95. The van der Waals surface area contributed by atoms with E-state index < -0.39 is 0 Å². The summed E-state index contributed by atoms with van der Waals surface area (Å²) in [5.41, 5.74) is 4.38. The van der Waals surface area contributed by atoms with Crippen molar-refractivity contribution in [1.29, 1.82) is 0 Å². The lowest BCUT2D eigenvalue weighted by Gasteiger charge is -2.14. The number of H-pyrrole nitrogens is 1. The molecule has 0 spiro atoms. The maximum Gasteiger partial charge on any atom is 0.254 e. The van der Waals surface area contributed by atoms with E-state index in [0.717, 1.165) is 54.2 Å². The van der Waals surface area contributed by atoms with Crippen LogP contribution in [0, 0.1) is 0 Å². The second-order valence-electron chi connectivity index (χ2n) is 5.95. The molecule has 0 unspecified atom stereocenters. The van der Waals surface area contributed by atoms with Crippen LogP contribution in [0.15, 0.2) is 29.1 Å². The largest absolute Gasteiger partial charge is 0.306 e. The standard InChI is InChI=1S/C17H18N2O/c20-17-14-6-1-2-7-15(14)18-16(19-17)13-5-3-4-12(10-13)11-8-9-11/h3-5,10-11H,1-2,6-9H2,(H,18,19,20). The van der Waals surface area contributed by atoms with Gasteiger partial charge in [-0.15, -0.1) is 0 Å². The Bertz CT molecular complexity index is 713. The van der Waals surface area contributed by atoms with Gasteiger partial charge >= 0.3 is 0 Å². The number of aromatic nitrogens is 2. The van der Waals surface area contributed by atoms with Gasteiger partial charge in [-0.1, -0.05) is 18.2 Å². The molecule has 20 heavy (non-hydrogen) atoms. The predicted molar refractivity (Wildman–Crippen MR) is 78.9 cm³/mol. The summed E-state index contributed by atoms with van der Waals surface area (Å²) in [6, 6.07) is 8.48. The van der Waals surface area contributed by atoms with Crippen molar-refractivity contribution in [1.82, 2.24) is 9.97 Å². The average molecular weight is 266 g/mol. The number of aryl methyl sites for hydroxylation is 1. The van der Waals surface area contributed by atoms with Crippen LogP contribution in [0.5, 0.6) is 0 Å². The molecule has 1 aromatic heterocycles. The molecule has 0 saturated heterocycles. The van der Waals surface area contributed by atoms with Crippen LogP contribution in [0.1, 0.15) is 48.4 Å². The van der Waals surface area contributed by atoms with Crippen LogP contribution in [0.3, 0.4) is 0 Å². The van der Waals surface area contributed by atoms with Crippen LogP contribution >= 0.6 is 0 Å². The SMILES string of the molecule is O=c1[nH]c(-c2cccc(C3CC3)c2)nc2c1CCCC2. The molecule has 2 aromatic rings. The van der Waals surface area contributed by atoms with Gasteiger partial charge in [0.05, 0.1) is 5.69 Å². The number of fused-ring (bicyclic) bond motifs is 1. The Morgan fingerprint density at radius 3 is 2.85 bits per heavy atom. The zero-order chi connectivity index (χ0) is 13.5. The quantitative estimate of drug-likeness (QED) is 0.907. The zero-order valence-corrected chi connectivity index (χ0v) is 11.5. The maximum atomic E-state index is 12.2. The normalized spacial score (nSPS) is 17.8. The monoisotopic (exact) mass is 266 g/mol. The summed E-state index contributed by atoms with van der Waals surface area (Å²) < 4.78 is 0. The third kappa shape index (κ3) is 2.07. The average Bonchev–Trinajstić information content (AvgIpc) is 3.32. The van der Waals surface area contributed by atoms with Gasteiger partial charge in [-0.25, -0.2) is 4.98 Å². The van der Waals surface area contributed by atoms with Gasteiger partial charge in [-0.3, -0.25) is 4.79 Å². The number of hydrogen-bond donors (Lipinski definition) is 1. The highest BCUT2D eigenvalue weighted by Crippen LogP contribution is 2.40. The minimum absolute atomic E-state index is 0.0570. The molecule has 1 N–H and O–H groups in total. The Balaban J connectivity index is 1.80. The number of aromatic amines is 1. The highest BCUT2D eigenvalue weighted by Gasteiger charge is 2.24. The van der Waals surface area contributed by atoms with Gasteiger partial charge in [-0.2, -0.15) is 0 Å². The summed E-state index contributed by atoms with van der Waals surface area (Å²) in [5.74, 6) is 1.46. The number of benzene rings is 1. The van der Waals surface area contributed by atoms with Crippen LogP contribution in [0.2, 0.25) is 0 Å². The molecule has 1 aromatic carbocycles. The van der Waals surface area contributed by atoms with Crippen LogP contribution in [-0.2, 0) is 12.8 Å². The number of rotatable bonds is 2. The van der Waals surface area contributed by atoms with E-state index in [4.69, 9.17) is 4.98 Å². The molecular formula is C17H18N2O. The van der Waals surface area contributed by atoms with E-state index in [1.54, 1.807) is 0 Å². The van der Waals surface area contributed by atoms with Gasteiger partial charge in [0.25, 0.3) is 5.56 Å². The van der Waals surface area contributed by atoms with E-state index in [1.807, 2.05) is 6.07 Å². The summed E-state index contributed by atoms with van der Waals surface area (Å²) in [6.45, 7) is 0. The first-order valence-corrected chi connectivity index (χ1v) is 7.53. The minimum atomic E-state index is 0.0570. The Morgan fingerprint density at radius 2 is 2.00 bits per heavy atom. The molecular weight excluding hydrogens is 248 g/mol. The van der Waals surface area contributed by atoms with E-state index in [-0.39, 0.29) is 5.56 Å². The Morgan fingerprint density at radius 1 is 1.15 bits per heavy atom. The first-order valence-electron chi connectivity index (χ1n) is 7.53. The Hall–Kier alpha value is -1.90. The van der Waals surface area contributed by atoms with E-state index in [2.05, 4.69) is 23.2 Å². The van der Waals surface area contributed by atoms with Crippen molar-refractivity contribution < 1.29 is 0 Å². The fourth-order valence-electron chi connectivity index (χ4n) is 3.10. The molecule has 3 nitrogen and oxygen atoms in total. The lowest BCUT2D eigenvalue weighted by Crippen LogP contribution is -2.21. The first kappa shape index (κ1) is 11.9. The number of nitrogens with zero attached hydrogens (tertiary/aromatic N) is 1. The highest BCUT2D eigenvalue weighted by molar-refractivity contribution is 5.57. The number of nitrogens with one attached hydrogen (secondary N) is 1. The minimum Gasteiger partial charge on any atom is -0.306 e. The molecule has 3 heteroatoms. The van der Waals surface area contributed by atoms with Crippen molar-refractivity contribution >= 4 is 0 Å². The third-order valence-corrected chi connectivity index (χ3v) is 4.40. The molecule has 0 aliphatic heterocycles. The summed E-state index contributed by atoms with van der Waals surface area (Å²) >= 11 is 0. The lowest BCUT2D eigenvalue weighted by atomic mass is 9.97. The molecule has 0 radical (unpaired) electrons. The Labute approximate surface area is 118 Å². The van der Waals surface area contributed by atoms with Crippen LogP contribution < -0.4 is 5.56 Å². The third-order valence-electron chi connectivity index (χ3n) is 4.40. The van der Waals surface area contributed by atoms with Gasteiger partial charge in [0, 0.05) is 11.1 Å². The van der Waals surface area contributed by atoms with Crippen LogP contribution in [0.25, 0.3) is 11.4 Å². The van der Waals surface area contributed by atoms with E-state index in [9.17, 15) is 4.79 Å². The highest BCUT2D eigenvalue weighted by atomic mass is 16.1. The Kier molecular flexibility index (Phi) is 2.72. The molecule has 1 heterocycles. The molecule has 102 valence electrons. The molecule has 4 rings (SSSR count). The molecule has 0 bridgehead atoms. The van der Waals surface area contributed by atoms with Gasteiger partial charge in [0.15, 0.2) is 0 Å². The molecule has 1 fully saturated rings. The van der Waals surface area contributed by atoms with Gasteiger partial charge in [0.2, 0.25) is 0 Å². The van der Waals surface area contributed by atoms with Crippen molar-refractivity contribution in [2.24, 2.45) is 0 Å². The summed E-state index contributed by atoms with van der Waals surface area (Å²) in [4.78, 5) is 19.9. The van der Waals surface area contributed by atoms with Crippen molar-refractivity contribution in [2.75, 3.05) is 0 Å². The lowest BCUT2D eigenvalue weighted by molar-refractivity contribution is 0.657. The summed E-state index contributed by atoms with van der Waals surface area (Å²) in [6.07, 6.45) is 6.64. The van der Waals surface area contributed by atoms with Gasteiger partial charge < -0.3 is 4.98 Å². The molecule has 1 saturated carbocycles. The predicted octanol–water partition coefficient (Wildman–Crippen LogP) is 3.19. The van der Waals surface area contributed by atoms with Crippen LogP contribution in [0.4, 0.5) is 0 Å². The second kappa shape index (κ2) is 4.58. The van der Waals surface area contributed by atoms with Crippen molar-refractivity contribution in [3.63, 3.8) is 0 Å². The molecule has 0 atom stereocenters. The first-order chi connectivity index (χ1) is 9.81. The van der Waals surface area contributed by atoms with E-state index in [0.29, 0.717) is 0 Å². The van der Waals surface area contributed by atoms with E-state index in [1.165, 1.54) is 18.4 Å². The number of hydrogen-bond acceptors (Lipinski definition) is 2. The summed E-state index contributed by atoms with van der Waals surface area (Å²) in [5, 5.41) is 0. The molecule has 2 aliphatic rings. The zero-order valence-electron chi connectivity index (χ0n) is 11.5. The fourth-order valence-corrected chi connectivity index (χ4v) is 3.10. The topological polar surface area (TPSA) is 45.8 Å². The fraction of sp³-hybridized carbons (Fsp3) is 0.412. The smallest absolute Gasteiger partial charge is 0.254 e.